The van der Waals surface area contributed by atoms with Crippen LogP contribution in [-0.4, -0.2) is 20.7 Å². The second-order valence-electron chi connectivity index (χ2n) is 5.04. The lowest BCUT2D eigenvalue weighted by Crippen LogP contribution is -2.13. The first kappa shape index (κ1) is 14.5. The quantitative estimate of drug-likeness (QED) is 0.617. The predicted molar refractivity (Wildman–Crippen MR) is 91.1 cm³/mol. The van der Waals surface area contributed by atoms with Crippen LogP contribution in [0.5, 0.6) is 0 Å². The second-order valence-corrected chi connectivity index (χ2v) is 6.13. The normalized spacial score (nSPS) is 10.9. The molecule has 1 amide bonds. The first-order valence-corrected chi connectivity index (χ1v) is 7.98. The SMILES string of the molecule is O=C(Nc1cccnc1-n1cccn1)c1cc2c(F)cccc2s1. The van der Waals surface area contributed by atoms with Gasteiger partial charge in [-0.05, 0) is 36.4 Å². The zero-order valence-corrected chi connectivity index (χ0v) is 13.1. The lowest BCUT2D eigenvalue weighted by Gasteiger charge is -2.08. The molecule has 4 rings (SSSR count). The average molecular weight is 338 g/mol. The van der Waals surface area contributed by atoms with Gasteiger partial charge in [0.15, 0.2) is 5.82 Å². The number of anilines is 1. The van der Waals surface area contributed by atoms with Crippen LogP contribution in [0.15, 0.2) is 61.1 Å². The predicted octanol–water partition coefficient (Wildman–Crippen LogP) is 3.87. The maximum Gasteiger partial charge on any atom is 0.265 e. The molecule has 3 aromatic heterocycles. The van der Waals surface area contributed by atoms with E-state index in [1.807, 2.05) is 0 Å². The minimum Gasteiger partial charge on any atom is -0.318 e. The Balaban J connectivity index is 1.68. The fourth-order valence-electron chi connectivity index (χ4n) is 2.39. The van der Waals surface area contributed by atoms with Crippen LogP contribution in [-0.2, 0) is 0 Å². The van der Waals surface area contributed by atoms with Crippen molar-refractivity contribution < 1.29 is 9.18 Å². The molecule has 118 valence electrons. The number of halogens is 1. The van der Waals surface area contributed by atoms with Crippen molar-refractivity contribution in [1.29, 1.82) is 0 Å². The summed E-state index contributed by atoms with van der Waals surface area (Å²) in [5.41, 5.74) is 0.532. The van der Waals surface area contributed by atoms with E-state index in [1.54, 1.807) is 59.7 Å². The summed E-state index contributed by atoms with van der Waals surface area (Å²) >= 11 is 1.25. The molecule has 0 aliphatic rings. The van der Waals surface area contributed by atoms with Crippen molar-refractivity contribution in [2.24, 2.45) is 0 Å². The van der Waals surface area contributed by atoms with Crippen LogP contribution < -0.4 is 5.32 Å². The van der Waals surface area contributed by atoms with E-state index in [1.165, 1.54) is 17.4 Å². The molecule has 0 bridgehead atoms. The Morgan fingerprint density at radius 2 is 2.08 bits per heavy atom. The van der Waals surface area contributed by atoms with Crippen molar-refractivity contribution in [3.63, 3.8) is 0 Å². The molecule has 0 fully saturated rings. The maximum absolute atomic E-state index is 13.8. The van der Waals surface area contributed by atoms with Gasteiger partial charge in [0, 0.05) is 28.7 Å². The third-order valence-corrected chi connectivity index (χ3v) is 4.59. The highest BCUT2D eigenvalue weighted by Crippen LogP contribution is 2.28. The maximum atomic E-state index is 13.8. The average Bonchev–Trinajstić information content (AvgIpc) is 3.25. The number of nitrogens with zero attached hydrogens (tertiary/aromatic N) is 3. The molecule has 0 saturated heterocycles. The number of benzene rings is 1. The van der Waals surface area contributed by atoms with Gasteiger partial charge in [-0.1, -0.05) is 6.07 Å². The summed E-state index contributed by atoms with van der Waals surface area (Å²) < 4.78 is 16.1. The summed E-state index contributed by atoms with van der Waals surface area (Å²) in [7, 11) is 0. The number of rotatable bonds is 3. The molecule has 5 nitrogen and oxygen atoms in total. The Morgan fingerprint density at radius 3 is 2.88 bits per heavy atom. The number of thiophene rings is 1. The van der Waals surface area contributed by atoms with Gasteiger partial charge in [0.25, 0.3) is 5.91 Å². The van der Waals surface area contributed by atoms with Crippen molar-refractivity contribution in [2.75, 3.05) is 5.32 Å². The zero-order chi connectivity index (χ0) is 16.5. The highest BCUT2D eigenvalue weighted by molar-refractivity contribution is 7.20. The van der Waals surface area contributed by atoms with Crippen LogP contribution in [0.3, 0.4) is 0 Å². The Kier molecular flexibility index (Phi) is 3.55. The van der Waals surface area contributed by atoms with E-state index in [0.29, 0.717) is 21.8 Å². The van der Waals surface area contributed by atoms with Crippen LogP contribution in [0.4, 0.5) is 10.1 Å². The molecular formula is C17H11FN4OS. The number of pyridine rings is 1. The third kappa shape index (κ3) is 2.55. The molecule has 0 saturated carbocycles. The molecule has 0 aliphatic heterocycles. The lowest BCUT2D eigenvalue weighted by atomic mass is 10.2. The van der Waals surface area contributed by atoms with Gasteiger partial charge in [-0.15, -0.1) is 11.3 Å². The van der Waals surface area contributed by atoms with Gasteiger partial charge >= 0.3 is 0 Å². The van der Waals surface area contributed by atoms with Crippen molar-refractivity contribution in [3.8, 4) is 5.82 Å². The van der Waals surface area contributed by atoms with E-state index in [9.17, 15) is 9.18 Å². The lowest BCUT2D eigenvalue weighted by molar-refractivity contribution is 0.103. The van der Waals surface area contributed by atoms with Gasteiger partial charge in [0.05, 0.1) is 10.6 Å². The fourth-order valence-corrected chi connectivity index (χ4v) is 3.36. The molecule has 0 aliphatic carbocycles. The van der Waals surface area contributed by atoms with Gasteiger partial charge in [-0.3, -0.25) is 4.79 Å². The van der Waals surface area contributed by atoms with Crippen molar-refractivity contribution in [1.82, 2.24) is 14.8 Å². The van der Waals surface area contributed by atoms with E-state index >= 15 is 0 Å². The van der Waals surface area contributed by atoms with Gasteiger partial charge in [-0.25, -0.2) is 14.1 Å². The Labute approximate surface area is 140 Å². The first-order chi connectivity index (χ1) is 11.7. The van der Waals surface area contributed by atoms with Crippen LogP contribution in [0.2, 0.25) is 0 Å². The molecule has 7 heteroatoms. The van der Waals surface area contributed by atoms with Crippen LogP contribution in [0, 0.1) is 5.82 Å². The number of nitrogens with one attached hydrogen (secondary N) is 1. The topological polar surface area (TPSA) is 59.8 Å². The van der Waals surface area contributed by atoms with Crippen LogP contribution >= 0.6 is 11.3 Å². The zero-order valence-electron chi connectivity index (χ0n) is 12.3. The summed E-state index contributed by atoms with van der Waals surface area (Å²) in [4.78, 5) is 17.2. The minimum absolute atomic E-state index is 0.308. The Bertz CT molecular complexity index is 1030. The van der Waals surface area contributed by atoms with Crippen LogP contribution in [0.1, 0.15) is 9.67 Å². The van der Waals surface area contributed by atoms with Crippen molar-refractivity contribution >= 4 is 33.0 Å². The molecule has 4 aromatic rings. The molecule has 3 heterocycles. The number of hydrogen-bond donors (Lipinski definition) is 1. The van der Waals surface area contributed by atoms with Gasteiger partial charge in [0.1, 0.15) is 5.82 Å². The fraction of sp³-hybridized carbons (Fsp3) is 0. The minimum atomic E-state index is -0.332. The van der Waals surface area contributed by atoms with E-state index in [4.69, 9.17) is 0 Å². The van der Waals surface area contributed by atoms with Gasteiger partial charge in [0.2, 0.25) is 0 Å². The molecular weight excluding hydrogens is 327 g/mol. The Morgan fingerprint density at radius 1 is 1.17 bits per heavy atom. The summed E-state index contributed by atoms with van der Waals surface area (Å²) in [6.07, 6.45) is 5.00. The van der Waals surface area contributed by atoms with Gasteiger partial charge < -0.3 is 5.32 Å². The summed E-state index contributed by atoms with van der Waals surface area (Å²) in [5, 5.41) is 7.40. The standard InChI is InChI=1S/C17H11FN4OS/c18-12-4-1-6-14-11(12)10-15(24-14)17(23)21-13-5-2-7-19-16(13)22-9-3-8-20-22/h1-10H,(H,21,23). The van der Waals surface area contributed by atoms with Crippen molar-refractivity contribution in [2.45, 2.75) is 0 Å². The largest absolute Gasteiger partial charge is 0.318 e. The number of carbonyl (C=O) groups is 1. The number of carbonyl (C=O) groups excluding carboxylic acids is 1. The number of amides is 1. The molecule has 1 N–H and O–H groups in total. The first-order valence-electron chi connectivity index (χ1n) is 7.17. The highest BCUT2D eigenvalue weighted by Gasteiger charge is 2.15. The number of fused-ring (bicyclic) bond motifs is 1. The summed E-state index contributed by atoms with van der Waals surface area (Å²) in [6.45, 7) is 0. The third-order valence-electron chi connectivity index (χ3n) is 3.49. The van der Waals surface area contributed by atoms with Crippen LogP contribution in [0.25, 0.3) is 15.9 Å². The van der Waals surface area contributed by atoms with Crippen molar-refractivity contribution in [3.05, 3.63) is 71.7 Å². The van der Waals surface area contributed by atoms with E-state index < -0.39 is 0 Å². The number of aromatic nitrogens is 3. The summed E-state index contributed by atoms with van der Waals surface area (Å²) in [6, 6.07) is 11.6. The van der Waals surface area contributed by atoms with Gasteiger partial charge in [-0.2, -0.15) is 5.10 Å². The smallest absolute Gasteiger partial charge is 0.265 e. The Hall–Kier alpha value is -3.06. The molecule has 0 spiro atoms. The molecule has 0 atom stereocenters. The van der Waals surface area contributed by atoms with E-state index in [2.05, 4.69) is 15.4 Å². The highest BCUT2D eigenvalue weighted by atomic mass is 32.1. The summed E-state index contributed by atoms with van der Waals surface area (Å²) in [5.74, 6) is -0.124. The molecule has 24 heavy (non-hydrogen) atoms. The second kappa shape index (κ2) is 5.86. The molecule has 0 unspecified atom stereocenters. The number of hydrogen-bond acceptors (Lipinski definition) is 4. The van der Waals surface area contributed by atoms with E-state index in [-0.39, 0.29) is 11.7 Å². The monoisotopic (exact) mass is 338 g/mol. The molecule has 1 aromatic carbocycles. The molecule has 0 radical (unpaired) electrons. The van der Waals surface area contributed by atoms with E-state index in [0.717, 1.165) is 4.70 Å².